The van der Waals surface area contributed by atoms with Crippen LogP contribution >= 0.6 is 0 Å². The van der Waals surface area contributed by atoms with Gasteiger partial charge in [0.2, 0.25) is 0 Å². The highest BCUT2D eigenvalue weighted by molar-refractivity contribution is 5.40. The van der Waals surface area contributed by atoms with Gasteiger partial charge in [0, 0.05) is 5.41 Å². The first-order chi connectivity index (χ1) is 11.7. The monoisotopic (exact) mass is 324 g/mol. The van der Waals surface area contributed by atoms with E-state index in [0.29, 0.717) is 6.10 Å². The Kier molecular flexibility index (Phi) is 5.61. The lowest BCUT2D eigenvalue weighted by molar-refractivity contribution is -0.0156. The van der Waals surface area contributed by atoms with E-state index in [-0.39, 0.29) is 5.41 Å². The van der Waals surface area contributed by atoms with Gasteiger partial charge in [0.1, 0.15) is 0 Å². The van der Waals surface area contributed by atoms with Gasteiger partial charge in [-0.15, -0.1) is 0 Å². The van der Waals surface area contributed by atoms with E-state index in [1.165, 1.54) is 44.1 Å². The molecule has 0 aromatic heterocycles. The number of hydrogen-bond acceptors (Lipinski definition) is 1. The van der Waals surface area contributed by atoms with Crippen LogP contribution in [-0.4, -0.2) is 6.10 Å². The molecule has 0 heterocycles. The molecule has 1 aromatic carbocycles. The van der Waals surface area contributed by atoms with Crippen LogP contribution in [0.15, 0.2) is 53.1 Å². The molecule has 1 heteroatoms. The first-order valence-corrected chi connectivity index (χ1v) is 9.70. The van der Waals surface area contributed by atoms with Crippen molar-refractivity contribution >= 4 is 0 Å². The molecule has 1 nitrogen and oxygen atoms in total. The Balaban J connectivity index is 1.82. The lowest BCUT2D eigenvalue weighted by Crippen LogP contribution is -2.37. The summed E-state index contributed by atoms with van der Waals surface area (Å²) in [5.74, 6) is 0. The highest BCUT2D eigenvalue weighted by Gasteiger charge is 2.48. The van der Waals surface area contributed by atoms with Gasteiger partial charge in [-0.1, -0.05) is 66.5 Å². The van der Waals surface area contributed by atoms with Crippen molar-refractivity contribution in [1.82, 2.24) is 0 Å². The molecule has 1 spiro atoms. The molecule has 0 saturated carbocycles. The maximum absolute atomic E-state index is 6.55. The molecule has 0 fully saturated rings. The van der Waals surface area contributed by atoms with Crippen molar-refractivity contribution in [3.63, 3.8) is 0 Å². The first kappa shape index (κ1) is 17.5. The third-order valence-electron chi connectivity index (χ3n) is 6.24. The zero-order chi connectivity index (χ0) is 17.0. The van der Waals surface area contributed by atoms with Crippen LogP contribution in [0.25, 0.3) is 0 Å². The Morgan fingerprint density at radius 3 is 2.67 bits per heavy atom. The molecule has 0 amide bonds. The number of ether oxygens (including phenoxy) is 1. The van der Waals surface area contributed by atoms with Crippen molar-refractivity contribution in [3.8, 4) is 0 Å². The van der Waals surface area contributed by atoms with E-state index < -0.39 is 0 Å². The van der Waals surface area contributed by atoms with Crippen LogP contribution in [0, 0.1) is 5.41 Å². The van der Waals surface area contributed by atoms with Gasteiger partial charge >= 0.3 is 0 Å². The molecular weight excluding hydrogens is 292 g/mol. The Morgan fingerprint density at radius 1 is 1.17 bits per heavy atom. The molecule has 24 heavy (non-hydrogen) atoms. The minimum absolute atomic E-state index is 0.177. The van der Waals surface area contributed by atoms with Crippen molar-refractivity contribution in [1.29, 1.82) is 0 Å². The number of unbranched alkanes of at least 4 members (excludes halogenated alkanes) is 1. The Hall–Kier alpha value is -1.34. The van der Waals surface area contributed by atoms with Crippen LogP contribution in [0.1, 0.15) is 71.3 Å². The molecule has 0 unspecified atom stereocenters. The second-order valence-corrected chi connectivity index (χ2v) is 7.57. The van der Waals surface area contributed by atoms with Crippen LogP contribution < -0.4 is 0 Å². The van der Waals surface area contributed by atoms with E-state index in [1.807, 2.05) is 0 Å². The van der Waals surface area contributed by atoms with E-state index in [2.05, 4.69) is 57.2 Å². The average molecular weight is 325 g/mol. The predicted molar refractivity (Wildman–Crippen MR) is 102 cm³/mol. The van der Waals surface area contributed by atoms with Gasteiger partial charge in [-0.25, -0.2) is 0 Å². The Morgan fingerprint density at radius 2 is 1.96 bits per heavy atom. The van der Waals surface area contributed by atoms with Gasteiger partial charge in [-0.05, 0) is 57.9 Å². The molecule has 0 aliphatic heterocycles. The molecule has 130 valence electrons. The van der Waals surface area contributed by atoms with Gasteiger partial charge in [-0.3, -0.25) is 0 Å². The summed E-state index contributed by atoms with van der Waals surface area (Å²) in [5, 5.41) is 0. The fourth-order valence-electron chi connectivity index (χ4n) is 4.74. The summed E-state index contributed by atoms with van der Waals surface area (Å²) < 4.78 is 6.55. The highest BCUT2D eigenvalue weighted by atomic mass is 16.5. The van der Waals surface area contributed by atoms with E-state index in [0.717, 1.165) is 13.0 Å². The molecule has 2 aliphatic rings. The molecule has 2 aliphatic carbocycles. The van der Waals surface area contributed by atoms with E-state index >= 15 is 0 Å². The van der Waals surface area contributed by atoms with Gasteiger partial charge < -0.3 is 4.74 Å². The van der Waals surface area contributed by atoms with Crippen molar-refractivity contribution in [2.75, 3.05) is 0 Å². The second-order valence-electron chi connectivity index (χ2n) is 7.57. The summed E-state index contributed by atoms with van der Waals surface area (Å²) >= 11 is 0. The third kappa shape index (κ3) is 3.24. The molecular formula is C23H32O. The topological polar surface area (TPSA) is 9.23 Å². The largest absolute Gasteiger partial charge is 0.372 e. The van der Waals surface area contributed by atoms with Crippen LogP contribution in [0.2, 0.25) is 0 Å². The van der Waals surface area contributed by atoms with E-state index in [1.54, 1.807) is 16.7 Å². The molecule has 3 rings (SSSR count). The summed E-state index contributed by atoms with van der Waals surface area (Å²) in [6.07, 6.45) is 11.5. The van der Waals surface area contributed by atoms with Gasteiger partial charge in [0.25, 0.3) is 0 Å². The van der Waals surface area contributed by atoms with Crippen LogP contribution in [0.5, 0.6) is 0 Å². The average Bonchev–Trinajstić information content (AvgIpc) is 2.87. The summed E-state index contributed by atoms with van der Waals surface area (Å²) in [4.78, 5) is 0. The van der Waals surface area contributed by atoms with Gasteiger partial charge in [-0.2, -0.15) is 0 Å². The fourth-order valence-corrected chi connectivity index (χ4v) is 4.74. The molecule has 0 saturated heterocycles. The normalized spacial score (nSPS) is 27.0. The zero-order valence-corrected chi connectivity index (χ0v) is 15.6. The summed E-state index contributed by atoms with van der Waals surface area (Å²) in [5.41, 5.74) is 6.31. The SMILES string of the molecule is CCCCC1=C(C)[C@]2(CCCC=C2C)[C@@H](OCc2ccccc2)C1. The molecule has 1 aromatic rings. The number of hydrogen-bond donors (Lipinski definition) is 0. The summed E-state index contributed by atoms with van der Waals surface area (Å²) in [6.45, 7) is 7.74. The second kappa shape index (κ2) is 7.70. The van der Waals surface area contributed by atoms with Crippen molar-refractivity contribution in [3.05, 3.63) is 58.7 Å². The molecule has 2 atom stereocenters. The predicted octanol–water partition coefficient (Wildman–Crippen LogP) is 6.60. The lowest BCUT2D eigenvalue weighted by Gasteiger charge is -2.41. The standard InChI is InChI=1S/C23H32O/c1-4-5-14-21-16-22(24-17-20-12-7-6-8-13-20)23(19(21)3)15-10-9-11-18(23)2/h6-8,11-13,22H,4-5,9-10,14-17H2,1-3H3/t22-,23+/m0/s1. The zero-order valence-electron chi connectivity index (χ0n) is 15.6. The first-order valence-electron chi connectivity index (χ1n) is 9.70. The summed E-state index contributed by atoms with van der Waals surface area (Å²) in [7, 11) is 0. The van der Waals surface area contributed by atoms with E-state index in [4.69, 9.17) is 4.74 Å². The Labute approximate surface area is 147 Å². The van der Waals surface area contributed by atoms with Crippen LogP contribution in [0.3, 0.4) is 0 Å². The van der Waals surface area contributed by atoms with Crippen molar-refractivity contribution in [2.24, 2.45) is 5.41 Å². The molecule has 0 radical (unpaired) electrons. The fraction of sp³-hybridized carbons (Fsp3) is 0.565. The van der Waals surface area contributed by atoms with Crippen molar-refractivity contribution in [2.45, 2.75) is 78.4 Å². The smallest absolute Gasteiger partial charge is 0.0747 e. The van der Waals surface area contributed by atoms with Crippen LogP contribution in [-0.2, 0) is 11.3 Å². The maximum Gasteiger partial charge on any atom is 0.0747 e. The van der Waals surface area contributed by atoms with Crippen LogP contribution in [0.4, 0.5) is 0 Å². The third-order valence-corrected chi connectivity index (χ3v) is 6.24. The van der Waals surface area contributed by atoms with Crippen molar-refractivity contribution < 1.29 is 4.74 Å². The number of benzene rings is 1. The van der Waals surface area contributed by atoms with Gasteiger partial charge in [0.15, 0.2) is 0 Å². The minimum atomic E-state index is 0.177. The lowest BCUT2D eigenvalue weighted by atomic mass is 9.67. The number of rotatable bonds is 6. The van der Waals surface area contributed by atoms with Gasteiger partial charge in [0.05, 0.1) is 12.7 Å². The molecule has 0 N–H and O–H groups in total. The summed E-state index contributed by atoms with van der Waals surface area (Å²) in [6, 6.07) is 10.6. The maximum atomic E-state index is 6.55. The Bertz CT molecular complexity index is 610. The minimum Gasteiger partial charge on any atom is -0.372 e. The quantitative estimate of drug-likeness (QED) is 0.536. The highest BCUT2D eigenvalue weighted by Crippen LogP contribution is 2.55. The number of allylic oxidation sites excluding steroid dienone is 1. The van der Waals surface area contributed by atoms with E-state index in [9.17, 15) is 0 Å². The molecule has 0 bridgehead atoms.